The van der Waals surface area contributed by atoms with Gasteiger partial charge in [-0.1, -0.05) is 0 Å². The number of nitrogens with zero attached hydrogens (tertiary/aromatic N) is 2. The van der Waals surface area contributed by atoms with Crippen LogP contribution in [-0.4, -0.2) is 17.7 Å². The molecule has 0 saturated carbocycles. The monoisotopic (exact) mass is 281 g/mol. The normalized spacial score (nSPS) is 15.4. The van der Waals surface area contributed by atoms with Crippen LogP contribution in [-0.2, 0) is 13.1 Å². The van der Waals surface area contributed by atoms with Gasteiger partial charge in [0.05, 0.1) is 12.2 Å². The zero-order valence-electron chi connectivity index (χ0n) is 11.4. The quantitative estimate of drug-likeness (QED) is 0.785. The molecule has 5 heteroatoms. The Kier molecular flexibility index (Phi) is 2.39. The Labute approximate surface area is 122 Å². The molecule has 5 nitrogen and oxygen atoms in total. The van der Waals surface area contributed by atoms with Gasteiger partial charge < -0.3 is 20.6 Å². The molecule has 2 bridgehead atoms. The molecular weight excluding hydrogens is 266 g/mol. The van der Waals surface area contributed by atoms with Crippen LogP contribution in [0.2, 0.25) is 0 Å². The van der Waals surface area contributed by atoms with E-state index in [0.29, 0.717) is 5.56 Å². The van der Waals surface area contributed by atoms with Crippen molar-refractivity contribution in [1.82, 2.24) is 0 Å². The standard InChI is InChI=1S/C16H15N3O2/c17-13-2-4-15-12(6-13)8-19-9-18(15)7-11-5-10(16(20)21)1-3-14(11)19/h1-6H,7-9,17H2,(H,20,21). The highest BCUT2D eigenvalue weighted by Crippen LogP contribution is 2.38. The molecule has 2 aliphatic rings. The number of benzene rings is 2. The van der Waals surface area contributed by atoms with Gasteiger partial charge in [0.25, 0.3) is 0 Å². The van der Waals surface area contributed by atoms with E-state index in [1.165, 1.54) is 11.3 Å². The number of nitrogens with two attached hydrogens (primary N) is 1. The highest BCUT2D eigenvalue weighted by atomic mass is 16.4. The van der Waals surface area contributed by atoms with Crippen molar-refractivity contribution in [3.63, 3.8) is 0 Å². The van der Waals surface area contributed by atoms with Gasteiger partial charge in [-0.3, -0.25) is 0 Å². The molecule has 2 heterocycles. The summed E-state index contributed by atoms with van der Waals surface area (Å²) in [6.45, 7) is 2.36. The number of rotatable bonds is 1. The summed E-state index contributed by atoms with van der Waals surface area (Å²) in [5, 5.41) is 9.14. The van der Waals surface area contributed by atoms with Crippen molar-refractivity contribution in [1.29, 1.82) is 0 Å². The summed E-state index contributed by atoms with van der Waals surface area (Å²) in [5.41, 5.74) is 11.6. The van der Waals surface area contributed by atoms with Gasteiger partial charge in [0.15, 0.2) is 0 Å². The SMILES string of the molecule is Nc1ccc2c(c1)CN1CN2Cc2cc(C(=O)O)ccc21. The maximum absolute atomic E-state index is 11.1. The minimum absolute atomic E-state index is 0.341. The molecule has 4 rings (SSSR count). The molecule has 21 heavy (non-hydrogen) atoms. The molecule has 106 valence electrons. The Morgan fingerprint density at radius 1 is 1.00 bits per heavy atom. The zero-order chi connectivity index (χ0) is 14.6. The first-order valence-electron chi connectivity index (χ1n) is 6.86. The summed E-state index contributed by atoms with van der Waals surface area (Å²) in [6, 6.07) is 11.3. The van der Waals surface area contributed by atoms with Gasteiger partial charge in [0, 0.05) is 30.2 Å². The predicted molar refractivity (Wildman–Crippen MR) is 81.5 cm³/mol. The minimum Gasteiger partial charge on any atom is -0.478 e. The van der Waals surface area contributed by atoms with Crippen LogP contribution >= 0.6 is 0 Å². The molecule has 0 amide bonds. The Hall–Kier alpha value is -2.69. The second-order valence-corrected chi connectivity index (χ2v) is 5.57. The van der Waals surface area contributed by atoms with Crippen molar-refractivity contribution >= 4 is 23.0 Å². The average Bonchev–Trinajstić information content (AvgIpc) is 2.46. The third-order valence-corrected chi connectivity index (χ3v) is 4.18. The molecule has 0 aliphatic carbocycles. The minimum atomic E-state index is -0.883. The van der Waals surface area contributed by atoms with Crippen molar-refractivity contribution in [2.75, 3.05) is 22.2 Å². The topological polar surface area (TPSA) is 69.8 Å². The fourth-order valence-electron chi connectivity index (χ4n) is 3.23. The second-order valence-electron chi connectivity index (χ2n) is 5.57. The van der Waals surface area contributed by atoms with Gasteiger partial charge in [-0.2, -0.15) is 0 Å². The molecule has 2 aliphatic heterocycles. The molecule has 2 aromatic carbocycles. The van der Waals surface area contributed by atoms with Crippen molar-refractivity contribution < 1.29 is 9.90 Å². The maximum Gasteiger partial charge on any atom is 0.335 e. The first-order chi connectivity index (χ1) is 10.1. The van der Waals surface area contributed by atoms with E-state index in [2.05, 4.69) is 9.80 Å². The number of hydrogen-bond donors (Lipinski definition) is 2. The fourth-order valence-corrected chi connectivity index (χ4v) is 3.23. The lowest BCUT2D eigenvalue weighted by Gasteiger charge is -2.44. The molecule has 0 aromatic heterocycles. The van der Waals surface area contributed by atoms with Crippen LogP contribution in [0.1, 0.15) is 21.5 Å². The summed E-state index contributed by atoms with van der Waals surface area (Å²) in [7, 11) is 0. The summed E-state index contributed by atoms with van der Waals surface area (Å²) < 4.78 is 0. The lowest BCUT2D eigenvalue weighted by Crippen LogP contribution is -2.46. The Morgan fingerprint density at radius 3 is 2.29 bits per heavy atom. The molecule has 0 unspecified atom stereocenters. The van der Waals surface area contributed by atoms with E-state index in [-0.39, 0.29) is 0 Å². The molecule has 0 fully saturated rings. The number of carboxylic acid groups (broad SMARTS) is 1. The van der Waals surface area contributed by atoms with Gasteiger partial charge in [-0.05, 0) is 47.5 Å². The van der Waals surface area contributed by atoms with Gasteiger partial charge in [-0.25, -0.2) is 4.79 Å². The Bertz CT molecular complexity index is 757. The lowest BCUT2D eigenvalue weighted by atomic mass is 9.99. The summed E-state index contributed by atoms with van der Waals surface area (Å²) in [4.78, 5) is 15.6. The number of carbonyl (C=O) groups is 1. The first kappa shape index (κ1) is 12.1. The van der Waals surface area contributed by atoms with E-state index >= 15 is 0 Å². The van der Waals surface area contributed by atoms with Crippen LogP contribution in [0.5, 0.6) is 0 Å². The third-order valence-electron chi connectivity index (χ3n) is 4.18. The number of carboxylic acids is 1. The van der Waals surface area contributed by atoms with Crippen LogP contribution in [0.25, 0.3) is 0 Å². The van der Waals surface area contributed by atoms with Crippen LogP contribution < -0.4 is 15.5 Å². The van der Waals surface area contributed by atoms with Crippen molar-refractivity contribution in [3.8, 4) is 0 Å². The maximum atomic E-state index is 11.1. The van der Waals surface area contributed by atoms with Crippen molar-refractivity contribution in [3.05, 3.63) is 53.1 Å². The van der Waals surface area contributed by atoms with E-state index in [9.17, 15) is 4.79 Å². The van der Waals surface area contributed by atoms with Crippen molar-refractivity contribution in [2.24, 2.45) is 0 Å². The summed E-state index contributed by atoms with van der Waals surface area (Å²) >= 11 is 0. The van der Waals surface area contributed by atoms with Gasteiger partial charge in [-0.15, -0.1) is 0 Å². The fraction of sp³-hybridized carbons (Fsp3) is 0.188. The summed E-state index contributed by atoms with van der Waals surface area (Å²) in [6.07, 6.45) is 0. The summed E-state index contributed by atoms with van der Waals surface area (Å²) in [5.74, 6) is -0.883. The lowest BCUT2D eigenvalue weighted by molar-refractivity contribution is 0.0696. The number of nitrogen functional groups attached to an aromatic ring is 1. The van der Waals surface area contributed by atoms with Crippen LogP contribution in [0.15, 0.2) is 36.4 Å². The predicted octanol–water partition coefficient (Wildman–Crippen LogP) is 2.26. The van der Waals surface area contributed by atoms with Gasteiger partial charge in [0.1, 0.15) is 0 Å². The number of fused-ring (bicyclic) bond motifs is 6. The van der Waals surface area contributed by atoms with E-state index in [4.69, 9.17) is 10.8 Å². The first-order valence-corrected chi connectivity index (χ1v) is 6.86. The van der Waals surface area contributed by atoms with Crippen LogP contribution in [0.4, 0.5) is 17.1 Å². The molecule has 2 aromatic rings. The zero-order valence-corrected chi connectivity index (χ0v) is 11.4. The van der Waals surface area contributed by atoms with Crippen LogP contribution in [0, 0.1) is 0 Å². The van der Waals surface area contributed by atoms with Gasteiger partial charge in [0.2, 0.25) is 0 Å². The van der Waals surface area contributed by atoms with E-state index in [1.54, 1.807) is 12.1 Å². The molecule has 3 N–H and O–H groups in total. The molecule has 0 saturated heterocycles. The Morgan fingerprint density at radius 2 is 1.62 bits per heavy atom. The van der Waals surface area contributed by atoms with Crippen molar-refractivity contribution in [2.45, 2.75) is 13.1 Å². The molecule has 0 spiro atoms. The van der Waals surface area contributed by atoms with Crippen LogP contribution in [0.3, 0.4) is 0 Å². The highest BCUT2D eigenvalue weighted by molar-refractivity contribution is 5.89. The number of hydrogen-bond acceptors (Lipinski definition) is 4. The largest absolute Gasteiger partial charge is 0.478 e. The van der Waals surface area contributed by atoms with E-state index in [0.717, 1.165) is 36.7 Å². The molecular formula is C16H15N3O2. The van der Waals surface area contributed by atoms with E-state index < -0.39 is 5.97 Å². The Balaban J connectivity index is 1.79. The van der Waals surface area contributed by atoms with Gasteiger partial charge >= 0.3 is 5.97 Å². The average molecular weight is 281 g/mol. The second kappa shape index (κ2) is 4.15. The molecule has 0 atom stereocenters. The highest BCUT2D eigenvalue weighted by Gasteiger charge is 2.29. The van der Waals surface area contributed by atoms with E-state index in [1.807, 2.05) is 24.3 Å². The number of anilines is 3. The molecule has 0 radical (unpaired) electrons. The number of aromatic carboxylic acids is 1. The smallest absolute Gasteiger partial charge is 0.335 e. The third kappa shape index (κ3) is 1.81.